The van der Waals surface area contributed by atoms with Crippen molar-refractivity contribution in [3.63, 3.8) is 0 Å². The zero-order chi connectivity index (χ0) is 15.0. The first-order chi connectivity index (χ1) is 7.00. The Morgan fingerprint density at radius 2 is 0.500 bits per heavy atom. The van der Waals surface area contributed by atoms with Crippen molar-refractivity contribution in [1.29, 1.82) is 0 Å². The van der Waals surface area contributed by atoms with E-state index < -0.39 is 15.6 Å². The summed E-state index contributed by atoms with van der Waals surface area (Å²) in [5, 5.41) is 19.5. The summed E-state index contributed by atoms with van der Waals surface area (Å²) in [7, 11) is -9.28. The average molecular weight is 295 g/mol. The quantitative estimate of drug-likeness (QED) is 0.150. The summed E-state index contributed by atoms with van der Waals surface area (Å²) >= 11 is 0. The van der Waals surface area contributed by atoms with Gasteiger partial charge in [-0.2, -0.15) is 0 Å². The third-order valence-electron chi connectivity index (χ3n) is 0. The Kier molecular flexibility index (Phi) is 37.9. The molecule has 0 atom stereocenters. The van der Waals surface area contributed by atoms with Gasteiger partial charge in [0.05, 0.1) is 0 Å². The van der Waals surface area contributed by atoms with Gasteiger partial charge in [0, 0.05) is 0 Å². The van der Waals surface area contributed by atoms with Crippen LogP contribution in [0.5, 0.6) is 0 Å². The smallest absolute Gasteiger partial charge is 0.320 e. The van der Waals surface area contributed by atoms with E-state index in [2.05, 4.69) is 17.7 Å². The molecule has 0 spiro atoms. The van der Waals surface area contributed by atoms with Crippen molar-refractivity contribution in [2.45, 2.75) is 0 Å². The van der Waals surface area contributed by atoms with Gasteiger partial charge in [-0.15, -0.1) is 0 Å². The van der Waals surface area contributed by atoms with E-state index in [0.717, 1.165) is 0 Å². The molecule has 14 nitrogen and oxygen atoms in total. The second-order valence-corrected chi connectivity index (χ2v) is 3.08. The molecule has 0 rings (SSSR count). The molecule has 0 saturated heterocycles. The van der Waals surface area contributed by atoms with E-state index in [1.54, 1.807) is 0 Å². The van der Waals surface area contributed by atoms with Crippen LogP contribution in [0.3, 0.4) is 0 Å². The average Bonchev–Trinajstić information content (AvgIpc) is 2.08. The number of phosphoric acid groups is 2. The molecular formula is H15N3O11P2. The van der Waals surface area contributed by atoms with Gasteiger partial charge in [0.2, 0.25) is 0 Å². The van der Waals surface area contributed by atoms with Crippen LogP contribution in [0.15, 0.2) is 0 Å². The monoisotopic (exact) mass is 295 g/mol. The molecule has 0 heterocycles. The maximum atomic E-state index is 8.88. The molecule has 0 aromatic heterocycles. The molecule has 0 fully saturated rings. The molecule has 16 heavy (non-hydrogen) atoms. The van der Waals surface area contributed by atoms with Crippen LogP contribution < -0.4 is 17.7 Å². The SMILES string of the molecule is NO.NO.NO.O=P(O)(O)O.O=P(O)(O)O. The van der Waals surface area contributed by atoms with E-state index in [1.807, 2.05) is 0 Å². The maximum absolute atomic E-state index is 8.88. The van der Waals surface area contributed by atoms with Crippen LogP contribution in [-0.4, -0.2) is 45.0 Å². The molecule has 0 aromatic rings. The molecule has 0 aromatic carbocycles. The molecule has 0 aliphatic rings. The molecular weight excluding hydrogens is 280 g/mol. The lowest BCUT2D eigenvalue weighted by Gasteiger charge is -1.82. The van der Waals surface area contributed by atoms with E-state index in [9.17, 15) is 0 Å². The predicted molar refractivity (Wildman–Crippen MR) is 46.4 cm³/mol. The number of nitrogens with two attached hydrogens (primary N) is 3. The summed E-state index contributed by atoms with van der Waals surface area (Å²) in [5.74, 6) is 10.5. The molecule has 15 N–H and O–H groups in total. The Labute approximate surface area is 88.5 Å². The van der Waals surface area contributed by atoms with Crippen molar-refractivity contribution in [3.05, 3.63) is 0 Å². The van der Waals surface area contributed by atoms with Crippen molar-refractivity contribution in [2.75, 3.05) is 0 Å². The summed E-state index contributed by atoms with van der Waals surface area (Å²) in [6.07, 6.45) is 0. The highest BCUT2D eigenvalue weighted by atomic mass is 31.2. The Morgan fingerprint density at radius 3 is 0.500 bits per heavy atom. The first kappa shape index (κ1) is 29.7. The predicted octanol–water partition coefficient (Wildman–Crippen LogP) is -3.85. The van der Waals surface area contributed by atoms with Gasteiger partial charge in [-0.1, -0.05) is 0 Å². The summed E-state index contributed by atoms with van der Waals surface area (Å²) in [6, 6.07) is 0. The van der Waals surface area contributed by atoms with Crippen LogP contribution in [0.1, 0.15) is 0 Å². The maximum Gasteiger partial charge on any atom is 0.466 e. The standard InChI is InChI=1S/3H3NO.2H3O4P/c3*1-2;2*1-5(2,3)4/h3*2H,1H2;2*(H3,1,2,3,4). The van der Waals surface area contributed by atoms with E-state index in [1.165, 1.54) is 0 Å². The Morgan fingerprint density at radius 1 is 0.500 bits per heavy atom. The van der Waals surface area contributed by atoms with Crippen LogP contribution in [0.2, 0.25) is 0 Å². The second-order valence-electron chi connectivity index (χ2n) is 1.03. The van der Waals surface area contributed by atoms with Crippen LogP contribution in [0, 0.1) is 0 Å². The lowest BCUT2D eigenvalue weighted by atomic mass is 13.6. The van der Waals surface area contributed by atoms with Crippen LogP contribution in [0.25, 0.3) is 0 Å². The highest BCUT2D eigenvalue weighted by molar-refractivity contribution is 7.45. The summed E-state index contributed by atoms with van der Waals surface area (Å²) in [6.45, 7) is 0. The number of rotatable bonds is 0. The van der Waals surface area contributed by atoms with E-state index in [4.69, 9.17) is 54.1 Å². The summed E-state index contributed by atoms with van der Waals surface area (Å²) in [4.78, 5) is 43.1. The van der Waals surface area contributed by atoms with Gasteiger partial charge in [-0.05, 0) is 0 Å². The molecule has 0 saturated carbocycles. The summed E-state index contributed by atoms with van der Waals surface area (Å²) in [5.41, 5.74) is 0. The van der Waals surface area contributed by atoms with E-state index >= 15 is 0 Å². The topological polar surface area (TPSA) is 294 Å². The molecule has 0 unspecified atom stereocenters. The Hall–Kier alpha value is -0.0200. The lowest BCUT2D eigenvalue weighted by Crippen LogP contribution is -1.72. The van der Waals surface area contributed by atoms with Crippen LogP contribution in [-0.2, 0) is 9.13 Å². The fraction of sp³-hybridized carbons (Fsp3) is 0. The van der Waals surface area contributed by atoms with Gasteiger partial charge in [-0.3, -0.25) is 0 Å². The van der Waals surface area contributed by atoms with Gasteiger partial charge in [-0.25, -0.2) is 26.8 Å². The van der Waals surface area contributed by atoms with Crippen LogP contribution >= 0.6 is 15.6 Å². The normalized spacial score (nSPS) is 8.50. The second kappa shape index (κ2) is 20.4. The van der Waals surface area contributed by atoms with Gasteiger partial charge in [0.1, 0.15) is 0 Å². The zero-order valence-electron chi connectivity index (χ0n) is 7.47. The largest absolute Gasteiger partial charge is 0.466 e. The molecule has 0 bridgehead atoms. The zero-order valence-corrected chi connectivity index (χ0v) is 9.26. The molecule has 0 aliphatic carbocycles. The van der Waals surface area contributed by atoms with E-state index in [-0.39, 0.29) is 0 Å². The fourth-order valence-corrected chi connectivity index (χ4v) is 0. The Bertz CT molecular complexity index is 132. The van der Waals surface area contributed by atoms with Gasteiger partial charge in [0.15, 0.2) is 0 Å². The molecule has 0 aliphatic heterocycles. The summed E-state index contributed by atoms with van der Waals surface area (Å²) < 4.78 is 17.8. The molecule has 106 valence electrons. The molecule has 0 radical (unpaired) electrons. The first-order valence-electron chi connectivity index (χ1n) is 2.34. The number of hydrogen-bond donors (Lipinski definition) is 12. The Balaban J connectivity index is -0.0000000345. The highest BCUT2D eigenvalue weighted by Crippen LogP contribution is 2.26. The minimum Gasteiger partial charge on any atom is -0.320 e. The van der Waals surface area contributed by atoms with Crippen LogP contribution in [0.4, 0.5) is 0 Å². The number of hydrogen-bond acceptors (Lipinski definition) is 8. The van der Waals surface area contributed by atoms with Gasteiger partial charge in [0.25, 0.3) is 0 Å². The van der Waals surface area contributed by atoms with Crippen molar-refractivity contribution in [3.8, 4) is 0 Å². The third kappa shape index (κ3) is 5890000. The third-order valence-corrected chi connectivity index (χ3v) is 0. The molecule has 16 heteroatoms. The fourth-order valence-electron chi connectivity index (χ4n) is 0. The molecule has 0 amide bonds. The van der Waals surface area contributed by atoms with Gasteiger partial charge >= 0.3 is 15.6 Å². The highest BCUT2D eigenvalue weighted by Gasteiger charge is 2.00. The van der Waals surface area contributed by atoms with Gasteiger partial charge < -0.3 is 45.0 Å². The minimum atomic E-state index is -4.64. The lowest BCUT2D eigenvalue weighted by molar-refractivity contribution is 0.272. The van der Waals surface area contributed by atoms with E-state index in [0.29, 0.717) is 0 Å². The minimum absolute atomic E-state index is 3.50. The van der Waals surface area contributed by atoms with Crippen molar-refractivity contribution in [1.82, 2.24) is 0 Å². The van der Waals surface area contributed by atoms with Crippen molar-refractivity contribution in [2.24, 2.45) is 17.7 Å². The van der Waals surface area contributed by atoms with Crippen molar-refractivity contribution >= 4 is 15.6 Å². The van der Waals surface area contributed by atoms with Crippen molar-refractivity contribution < 1.29 is 54.1 Å². The first-order valence-corrected chi connectivity index (χ1v) is 5.47.